The summed E-state index contributed by atoms with van der Waals surface area (Å²) in [6.07, 6.45) is 0. The standard InChI is InChI=1S/C23H27N3O2/c1-14(2)19(22(27)28)25-21-17-8-6-7-9-18(17)24-20(26-21)15-10-12-16(13-11-15)23(3,4)5/h6-14,19H,1-5H3,(H,27,28)(H,24,25,26)/p-1/t19-/m1/s1. The van der Waals surface area contributed by atoms with E-state index in [-0.39, 0.29) is 11.3 Å². The number of benzene rings is 2. The molecule has 146 valence electrons. The van der Waals surface area contributed by atoms with Crippen LogP contribution in [0.2, 0.25) is 0 Å². The second-order valence-electron chi connectivity index (χ2n) is 8.43. The minimum atomic E-state index is -1.14. The first-order valence-electron chi connectivity index (χ1n) is 9.52. The molecule has 0 aliphatic rings. The minimum absolute atomic E-state index is 0.0639. The monoisotopic (exact) mass is 376 g/mol. The first-order valence-corrected chi connectivity index (χ1v) is 9.52. The average Bonchev–Trinajstić information content (AvgIpc) is 2.64. The van der Waals surface area contributed by atoms with Gasteiger partial charge in [0.05, 0.1) is 17.5 Å². The lowest BCUT2D eigenvalue weighted by Crippen LogP contribution is -2.44. The Morgan fingerprint density at radius 2 is 1.64 bits per heavy atom. The molecule has 28 heavy (non-hydrogen) atoms. The normalized spacial score (nSPS) is 12.9. The number of hydrogen-bond donors (Lipinski definition) is 1. The molecule has 0 radical (unpaired) electrons. The van der Waals surface area contributed by atoms with Crippen LogP contribution in [-0.2, 0) is 10.2 Å². The zero-order valence-electron chi connectivity index (χ0n) is 17.0. The third-order valence-electron chi connectivity index (χ3n) is 4.83. The number of para-hydroxylation sites is 1. The van der Waals surface area contributed by atoms with Crippen LogP contribution >= 0.6 is 0 Å². The highest BCUT2D eigenvalue weighted by Crippen LogP contribution is 2.28. The van der Waals surface area contributed by atoms with E-state index in [1.54, 1.807) is 0 Å². The molecule has 0 unspecified atom stereocenters. The SMILES string of the molecule is CC(C)[C@@H](Nc1nc(-c2ccc(C(C)(C)C)cc2)nc2ccccc12)C(=O)[O-]. The van der Waals surface area contributed by atoms with Gasteiger partial charge in [0, 0.05) is 10.9 Å². The van der Waals surface area contributed by atoms with Gasteiger partial charge in [-0.3, -0.25) is 0 Å². The van der Waals surface area contributed by atoms with Crippen molar-refractivity contribution in [3.63, 3.8) is 0 Å². The molecule has 0 saturated heterocycles. The lowest BCUT2D eigenvalue weighted by atomic mass is 9.87. The fourth-order valence-corrected chi connectivity index (χ4v) is 3.08. The Bertz CT molecular complexity index is 989. The highest BCUT2D eigenvalue weighted by atomic mass is 16.4. The predicted molar refractivity (Wildman–Crippen MR) is 111 cm³/mol. The van der Waals surface area contributed by atoms with Crippen molar-refractivity contribution in [3.05, 3.63) is 54.1 Å². The van der Waals surface area contributed by atoms with Crippen molar-refractivity contribution in [1.82, 2.24) is 9.97 Å². The van der Waals surface area contributed by atoms with Gasteiger partial charge in [-0.1, -0.05) is 71.0 Å². The topological polar surface area (TPSA) is 77.9 Å². The molecule has 1 heterocycles. The molecule has 0 aliphatic carbocycles. The highest BCUT2D eigenvalue weighted by molar-refractivity contribution is 5.92. The summed E-state index contributed by atoms with van der Waals surface area (Å²) >= 11 is 0. The van der Waals surface area contributed by atoms with Crippen LogP contribution in [0.5, 0.6) is 0 Å². The zero-order valence-corrected chi connectivity index (χ0v) is 17.0. The Morgan fingerprint density at radius 1 is 1.00 bits per heavy atom. The Balaban J connectivity index is 2.08. The van der Waals surface area contributed by atoms with Gasteiger partial charge in [-0.25, -0.2) is 9.97 Å². The van der Waals surface area contributed by atoms with Crippen LogP contribution in [0.4, 0.5) is 5.82 Å². The molecule has 0 aliphatic heterocycles. The number of carboxylic acids is 1. The van der Waals surface area contributed by atoms with Crippen molar-refractivity contribution in [2.45, 2.75) is 46.1 Å². The molecular weight excluding hydrogens is 350 g/mol. The van der Waals surface area contributed by atoms with Gasteiger partial charge in [-0.2, -0.15) is 0 Å². The van der Waals surface area contributed by atoms with Crippen LogP contribution < -0.4 is 10.4 Å². The number of nitrogens with zero attached hydrogens (tertiary/aromatic N) is 2. The van der Waals surface area contributed by atoms with E-state index in [2.05, 4.69) is 48.2 Å². The fourth-order valence-electron chi connectivity index (χ4n) is 3.08. The number of anilines is 1. The largest absolute Gasteiger partial charge is 0.548 e. The first-order chi connectivity index (χ1) is 13.2. The Kier molecular flexibility index (Phi) is 5.36. The third kappa shape index (κ3) is 4.14. The summed E-state index contributed by atoms with van der Waals surface area (Å²) in [4.78, 5) is 20.9. The Morgan fingerprint density at radius 3 is 2.21 bits per heavy atom. The number of aromatic nitrogens is 2. The number of carbonyl (C=O) groups excluding carboxylic acids is 1. The summed E-state index contributed by atoms with van der Waals surface area (Å²) < 4.78 is 0. The lowest BCUT2D eigenvalue weighted by Gasteiger charge is -2.24. The zero-order chi connectivity index (χ0) is 20.5. The van der Waals surface area contributed by atoms with E-state index < -0.39 is 12.0 Å². The molecule has 1 atom stereocenters. The van der Waals surface area contributed by atoms with Crippen LogP contribution in [0.15, 0.2) is 48.5 Å². The second kappa shape index (κ2) is 7.58. The van der Waals surface area contributed by atoms with E-state index in [1.165, 1.54) is 5.56 Å². The van der Waals surface area contributed by atoms with Crippen molar-refractivity contribution in [2.75, 3.05) is 5.32 Å². The van der Waals surface area contributed by atoms with E-state index in [0.29, 0.717) is 11.6 Å². The van der Waals surface area contributed by atoms with E-state index >= 15 is 0 Å². The van der Waals surface area contributed by atoms with E-state index in [0.717, 1.165) is 16.5 Å². The van der Waals surface area contributed by atoms with Crippen molar-refractivity contribution in [3.8, 4) is 11.4 Å². The van der Waals surface area contributed by atoms with Gasteiger partial charge < -0.3 is 15.2 Å². The van der Waals surface area contributed by atoms with Crippen LogP contribution in [0.3, 0.4) is 0 Å². The quantitative estimate of drug-likeness (QED) is 0.733. The number of aliphatic carboxylic acids is 1. The molecule has 0 saturated carbocycles. The maximum absolute atomic E-state index is 11.6. The summed E-state index contributed by atoms with van der Waals surface area (Å²) in [5, 5.41) is 15.4. The molecular formula is C23H26N3O2-. The summed E-state index contributed by atoms with van der Waals surface area (Å²) in [6, 6.07) is 14.9. The van der Waals surface area contributed by atoms with Crippen molar-refractivity contribution in [1.29, 1.82) is 0 Å². The molecule has 5 heteroatoms. The van der Waals surface area contributed by atoms with Gasteiger partial charge in [0.2, 0.25) is 0 Å². The molecule has 3 aromatic rings. The molecule has 0 spiro atoms. The van der Waals surface area contributed by atoms with E-state index in [9.17, 15) is 9.90 Å². The number of carbonyl (C=O) groups is 1. The van der Waals surface area contributed by atoms with Crippen LogP contribution in [-0.4, -0.2) is 22.0 Å². The average molecular weight is 376 g/mol. The van der Waals surface area contributed by atoms with Gasteiger partial charge in [0.25, 0.3) is 0 Å². The third-order valence-corrected chi connectivity index (χ3v) is 4.83. The summed E-state index contributed by atoms with van der Waals surface area (Å²) in [5.41, 5.74) is 2.94. The van der Waals surface area contributed by atoms with Crippen molar-refractivity contribution >= 4 is 22.7 Å². The molecule has 0 bridgehead atoms. The predicted octanol–water partition coefficient (Wildman–Crippen LogP) is 3.78. The van der Waals surface area contributed by atoms with E-state index in [4.69, 9.17) is 0 Å². The highest BCUT2D eigenvalue weighted by Gasteiger charge is 2.18. The summed E-state index contributed by atoms with van der Waals surface area (Å²) in [7, 11) is 0. The number of fused-ring (bicyclic) bond motifs is 1. The molecule has 0 fully saturated rings. The Labute approximate surface area is 165 Å². The maximum atomic E-state index is 11.6. The van der Waals surface area contributed by atoms with Crippen molar-refractivity contribution < 1.29 is 9.90 Å². The lowest BCUT2D eigenvalue weighted by molar-refractivity contribution is -0.307. The molecule has 2 aromatic carbocycles. The van der Waals surface area contributed by atoms with Gasteiger partial charge in [0.15, 0.2) is 5.82 Å². The number of nitrogens with one attached hydrogen (secondary N) is 1. The number of hydrogen-bond acceptors (Lipinski definition) is 5. The van der Waals surface area contributed by atoms with Gasteiger partial charge >= 0.3 is 0 Å². The molecule has 0 amide bonds. The van der Waals surface area contributed by atoms with Gasteiger partial charge in [0.1, 0.15) is 5.82 Å². The minimum Gasteiger partial charge on any atom is -0.548 e. The Hall–Kier alpha value is -2.95. The number of rotatable bonds is 5. The van der Waals surface area contributed by atoms with Gasteiger partial charge in [-0.15, -0.1) is 0 Å². The smallest absolute Gasteiger partial charge is 0.162 e. The van der Waals surface area contributed by atoms with Crippen LogP contribution in [0, 0.1) is 5.92 Å². The van der Waals surface area contributed by atoms with E-state index in [1.807, 2.05) is 50.2 Å². The second-order valence-corrected chi connectivity index (χ2v) is 8.43. The van der Waals surface area contributed by atoms with Crippen LogP contribution in [0.1, 0.15) is 40.2 Å². The molecule has 3 rings (SSSR count). The molecule has 5 nitrogen and oxygen atoms in total. The van der Waals surface area contributed by atoms with Crippen LogP contribution in [0.25, 0.3) is 22.3 Å². The number of carboxylic acid groups (broad SMARTS) is 1. The fraction of sp³-hybridized carbons (Fsp3) is 0.348. The maximum Gasteiger partial charge on any atom is 0.162 e. The summed E-state index contributed by atoms with van der Waals surface area (Å²) in [6.45, 7) is 10.2. The summed E-state index contributed by atoms with van der Waals surface area (Å²) in [5.74, 6) is -0.229. The molecule has 1 aromatic heterocycles. The van der Waals surface area contributed by atoms with Gasteiger partial charge in [-0.05, 0) is 29.0 Å². The molecule has 1 N–H and O–H groups in total. The first kappa shape index (κ1) is 19.8. The van der Waals surface area contributed by atoms with Crippen molar-refractivity contribution in [2.24, 2.45) is 5.92 Å².